The summed E-state index contributed by atoms with van der Waals surface area (Å²) in [7, 11) is 0. The van der Waals surface area contributed by atoms with E-state index in [1.165, 1.54) is 4.90 Å². The van der Waals surface area contributed by atoms with Crippen LogP contribution in [0.1, 0.15) is 20.8 Å². The Morgan fingerprint density at radius 3 is 2.59 bits per heavy atom. The second kappa shape index (κ2) is 5.03. The van der Waals surface area contributed by atoms with Gasteiger partial charge in [0, 0.05) is 13.1 Å². The van der Waals surface area contributed by atoms with Gasteiger partial charge in [-0.05, 0) is 20.8 Å². The maximum absolute atomic E-state index is 11.3. The summed E-state index contributed by atoms with van der Waals surface area (Å²) in [5.41, 5.74) is -0.551. The number of nitrogens with zero attached hydrogens (tertiary/aromatic N) is 1. The van der Waals surface area contributed by atoms with Crippen molar-refractivity contribution >= 4 is 18.0 Å². The number of amides is 4. The first-order chi connectivity index (χ1) is 7.78. The van der Waals surface area contributed by atoms with Gasteiger partial charge in [0.2, 0.25) is 5.91 Å². The van der Waals surface area contributed by atoms with Gasteiger partial charge in [0.05, 0.1) is 0 Å². The Kier molecular flexibility index (Phi) is 3.93. The maximum atomic E-state index is 11.3. The second-order valence-electron chi connectivity index (χ2n) is 4.70. The highest BCUT2D eigenvalue weighted by atomic mass is 16.6. The minimum Gasteiger partial charge on any atom is -0.444 e. The number of ether oxygens (including phenoxy) is 1. The van der Waals surface area contributed by atoms with E-state index in [9.17, 15) is 14.4 Å². The van der Waals surface area contributed by atoms with E-state index in [-0.39, 0.29) is 25.5 Å². The predicted octanol–water partition coefficient (Wildman–Crippen LogP) is 0.0629. The van der Waals surface area contributed by atoms with Crippen molar-refractivity contribution in [1.29, 1.82) is 0 Å². The van der Waals surface area contributed by atoms with Gasteiger partial charge in [0.15, 0.2) is 0 Å². The molecule has 0 aromatic heterocycles. The lowest BCUT2D eigenvalue weighted by molar-refractivity contribution is -0.118. The van der Waals surface area contributed by atoms with Gasteiger partial charge in [0.25, 0.3) is 0 Å². The largest absolute Gasteiger partial charge is 0.444 e. The lowest BCUT2D eigenvalue weighted by Crippen LogP contribution is -2.39. The number of alkyl carbamates (subject to hydrolysis) is 1. The van der Waals surface area contributed by atoms with Gasteiger partial charge in [-0.15, -0.1) is 0 Å². The molecule has 7 nitrogen and oxygen atoms in total. The van der Waals surface area contributed by atoms with E-state index in [0.29, 0.717) is 0 Å². The number of urea groups is 1. The second-order valence-corrected chi connectivity index (χ2v) is 4.70. The van der Waals surface area contributed by atoms with Gasteiger partial charge in [-0.3, -0.25) is 10.1 Å². The molecule has 1 rings (SSSR count). The summed E-state index contributed by atoms with van der Waals surface area (Å²) in [4.78, 5) is 34.6. The van der Waals surface area contributed by atoms with Gasteiger partial charge < -0.3 is 15.0 Å². The summed E-state index contributed by atoms with van der Waals surface area (Å²) >= 11 is 0. The number of imide groups is 1. The van der Waals surface area contributed by atoms with Crippen LogP contribution in [-0.2, 0) is 9.53 Å². The van der Waals surface area contributed by atoms with Crippen LogP contribution in [0.4, 0.5) is 9.59 Å². The van der Waals surface area contributed by atoms with Gasteiger partial charge in [0.1, 0.15) is 12.1 Å². The van der Waals surface area contributed by atoms with Crippen LogP contribution in [-0.4, -0.2) is 48.2 Å². The van der Waals surface area contributed by atoms with Gasteiger partial charge in [-0.25, -0.2) is 9.59 Å². The Hall–Kier alpha value is -1.79. The fourth-order valence-electron chi connectivity index (χ4n) is 1.27. The number of hydrogen-bond donors (Lipinski definition) is 2. The molecule has 0 aliphatic carbocycles. The summed E-state index contributed by atoms with van der Waals surface area (Å²) in [5.74, 6) is -0.327. The summed E-state index contributed by atoms with van der Waals surface area (Å²) in [6, 6.07) is -0.430. The summed E-state index contributed by atoms with van der Waals surface area (Å²) in [6.07, 6.45) is -0.538. The van der Waals surface area contributed by atoms with E-state index in [0.717, 1.165) is 0 Å². The number of nitrogens with one attached hydrogen (secondary N) is 2. The summed E-state index contributed by atoms with van der Waals surface area (Å²) in [6.45, 7) is 5.85. The Morgan fingerprint density at radius 2 is 2.12 bits per heavy atom. The van der Waals surface area contributed by atoms with Crippen LogP contribution in [0.3, 0.4) is 0 Å². The van der Waals surface area contributed by atoms with Crippen molar-refractivity contribution in [3.05, 3.63) is 0 Å². The molecule has 0 aromatic carbocycles. The normalized spacial score (nSPS) is 15.8. The van der Waals surface area contributed by atoms with Crippen LogP contribution < -0.4 is 10.6 Å². The number of carbonyl (C=O) groups excluding carboxylic acids is 3. The molecule has 4 amide bonds. The molecule has 0 spiro atoms. The van der Waals surface area contributed by atoms with Crippen LogP contribution in [0.5, 0.6) is 0 Å². The minimum absolute atomic E-state index is 0.0365. The summed E-state index contributed by atoms with van der Waals surface area (Å²) in [5, 5.41) is 4.65. The third kappa shape index (κ3) is 4.71. The van der Waals surface area contributed by atoms with Gasteiger partial charge >= 0.3 is 12.1 Å². The number of rotatable bonds is 3. The van der Waals surface area contributed by atoms with Crippen LogP contribution in [0.2, 0.25) is 0 Å². The minimum atomic E-state index is -0.551. The van der Waals surface area contributed by atoms with Crippen molar-refractivity contribution in [1.82, 2.24) is 15.5 Å². The van der Waals surface area contributed by atoms with Crippen LogP contribution >= 0.6 is 0 Å². The molecule has 0 unspecified atom stereocenters. The van der Waals surface area contributed by atoms with Gasteiger partial charge in [-0.2, -0.15) is 0 Å². The third-order valence-corrected chi connectivity index (χ3v) is 1.92. The maximum Gasteiger partial charge on any atom is 0.407 e. The van der Waals surface area contributed by atoms with E-state index in [4.69, 9.17) is 4.74 Å². The highest BCUT2D eigenvalue weighted by Gasteiger charge is 2.26. The Balaban J connectivity index is 2.22. The highest BCUT2D eigenvalue weighted by Crippen LogP contribution is 2.06. The molecule has 1 heterocycles. The first-order valence-electron chi connectivity index (χ1n) is 5.33. The predicted molar refractivity (Wildman–Crippen MR) is 59.3 cm³/mol. The fraction of sp³-hybridized carbons (Fsp3) is 0.700. The molecule has 2 N–H and O–H groups in total. The quantitative estimate of drug-likeness (QED) is 0.686. The third-order valence-electron chi connectivity index (χ3n) is 1.92. The van der Waals surface area contributed by atoms with Crippen LogP contribution in [0.15, 0.2) is 0 Å². The Labute approximate surface area is 99.5 Å². The van der Waals surface area contributed by atoms with Crippen molar-refractivity contribution < 1.29 is 19.1 Å². The highest BCUT2D eigenvalue weighted by molar-refractivity contribution is 6.01. The van der Waals surface area contributed by atoms with Crippen LogP contribution in [0.25, 0.3) is 0 Å². The smallest absolute Gasteiger partial charge is 0.407 e. The molecular weight excluding hydrogens is 226 g/mol. The average Bonchev–Trinajstić information content (AvgIpc) is 2.42. The Morgan fingerprint density at radius 1 is 1.47 bits per heavy atom. The van der Waals surface area contributed by atoms with Gasteiger partial charge in [-0.1, -0.05) is 0 Å². The topological polar surface area (TPSA) is 87.7 Å². The van der Waals surface area contributed by atoms with E-state index in [2.05, 4.69) is 10.6 Å². The zero-order valence-corrected chi connectivity index (χ0v) is 10.2. The summed E-state index contributed by atoms with van der Waals surface area (Å²) < 4.78 is 5.01. The molecule has 96 valence electrons. The van der Waals surface area contributed by atoms with Crippen molar-refractivity contribution in [3.63, 3.8) is 0 Å². The Bertz CT molecular complexity index is 335. The zero-order valence-electron chi connectivity index (χ0n) is 10.2. The standard InChI is InChI=1S/C10H17N3O4/c1-10(2,3)17-9(16)11-4-5-13-6-7(14)12-8(13)15/h4-6H2,1-3H3,(H,11,16)(H,12,14,15). The molecule has 17 heavy (non-hydrogen) atoms. The molecule has 0 saturated carbocycles. The average molecular weight is 243 g/mol. The first kappa shape index (κ1) is 13.3. The molecule has 1 aliphatic rings. The fourth-order valence-corrected chi connectivity index (χ4v) is 1.27. The molecule has 7 heteroatoms. The first-order valence-corrected chi connectivity index (χ1v) is 5.33. The molecule has 1 saturated heterocycles. The molecule has 0 aromatic rings. The van der Waals surface area contributed by atoms with E-state index < -0.39 is 17.7 Å². The molecule has 0 bridgehead atoms. The molecule has 0 atom stereocenters. The lowest BCUT2D eigenvalue weighted by atomic mass is 10.2. The molecule has 1 aliphatic heterocycles. The lowest BCUT2D eigenvalue weighted by Gasteiger charge is -2.20. The molecule has 0 radical (unpaired) electrons. The van der Waals surface area contributed by atoms with Crippen molar-refractivity contribution in [3.8, 4) is 0 Å². The van der Waals surface area contributed by atoms with E-state index in [1.807, 2.05) is 0 Å². The monoisotopic (exact) mass is 243 g/mol. The SMILES string of the molecule is CC(C)(C)OC(=O)NCCN1CC(=O)NC1=O. The van der Waals surface area contributed by atoms with E-state index >= 15 is 0 Å². The van der Waals surface area contributed by atoms with Crippen molar-refractivity contribution in [2.45, 2.75) is 26.4 Å². The number of hydrogen-bond acceptors (Lipinski definition) is 4. The number of carbonyl (C=O) groups is 3. The van der Waals surface area contributed by atoms with Crippen LogP contribution in [0, 0.1) is 0 Å². The molecule has 1 fully saturated rings. The van der Waals surface area contributed by atoms with Crippen molar-refractivity contribution in [2.75, 3.05) is 19.6 Å². The zero-order chi connectivity index (χ0) is 13.1. The molecular formula is C10H17N3O4. The van der Waals surface area contributed by atoms with E-state index in [1.54, 1.807) is 20.8 Å². The van der Waals surface area contributed by atoms with Crippen molar-refractivity contribution in [2.24, 2.45) is 0 Å².